The van der Waals surface area contributed by atoms with Gasteiger partial charge in [0, 0.05) is 23.6 Å². The second-order valence-electron chi connectivity index (χ2n) is 6.07. The fourth-order valence-corrected chi connectivity index (χ4v) is 3.61. The lowest BCUT2D eigenvalue weighted by molar-refractivity contribution is 0.0536. The third-order valence-corrected chi connectivity index (χ3v) is 5.17. The largest absolute Gasteiger partial charge is 0.381 e. The molecule has 4 heteroatoms. The number of hydrogen-bond donors (Lipinski definition) is 1. The van der Waals surface area contributed by atoms with E-state index in [0.717, 1.165) is 31.6 Å². The van der Waals surface area contributed by atoms with Crippen LogP contribution in [0.1, 0.15) is 23.2 Å². The van der Waals surface area contributed by atoms with E-state index in [1.807, 2.05) is 36.4 Å². The van der Waals surface area contributed by atoms with E-state index in [1.54, 1.807) is 11.8 Å². The van der Waals surface area contributed by atoms with Crippen LogP contribution in [0, 0.1) is 5.92 Å². The van der Waals surface area contributed by atoms with Crippen molar-refractivity contribution in [3.8, 4) is 11.1 Å². The summed E-state index contributed by atoms with van der Waals surface area (Å²) in [4.78, 5) is 13.5. The predicted octanol–water partition coefficient (Wildman–Crippen LogP) is 4.23. The maximum atomic E-state index is 12.3. The van der Waals surface area contributed by atoms with Crippen molar-refractivity contribution in [3.05, 3.63) is 54.1 Å². The molecule has 1 N–H and O–H groups in total. The van der Waals surface area contributed by atoms with Gasteiger partial charge in [-0.1, -0.05) is 30.3 Å². The molecule has 0 aromatic heterocycles. The molecule has 1 atom stereocenters. The van der Waals surface area contributed by atoms with Gasteiger partial charge < -0.3 is 10.1 Å². The number of thioether (sulfide) groups is 1. The van der Waals surface area contributed by atoms with Gasteiger partial charge in [0.05, 0.1) is 6.61 Å². The topological polar surface area (TPSA) is 38.3 Å². The van der Waals surface area contributed by atoms with Crippen LogP contribution in [-0.2, 0) is 4.74 Å². The van der Waals surface area contributed by atoms with Crippen molar-refractivity contribution in [2.24, 2.45) is 5.92 Å². The van der Waals surface area contributed by atoms with E-state index in [9.17, 15) is 4.79 Å². The smallest absolute Gasteiger partial charge is 0.251 e. The van der Waals surface area contributed by atoms with Crippen molar-refractivity contribution < 1.29 is 9.53 Å². The zero-order valence-corrected chi connectivity index (χ0v) is 14.8. The molecular weight excluding hydrogens is 318 g/mol. The standard InChI is InChI=1S/C20H23NO2S/c1-24-19-7-3-2-6-18(19)16-8-10-17(11-9-16)20(22)21-13-15-5-4-12-23-14-15/h2-3,6-11,15H,4-5,12-14H2,1H3,(H,21,22)/t15-/m0/s1. The van der Waals surface area contributed by atoms with Gasteiger partial charge in [0.15, 0.2) is 0 Å². The Hall–Kier alpha value is -1.78. The van der Waals surface area contributed by atoms with Crippen LogP contribution < -0.4 is 5.32 Å². The summed E-state index contributed by atoms with van der Waals surface area (Å²) < 4.78 is 5.45. The van der Waals surface area contributed by atoms with E-state index in [4.69, 9.17) is 4.74 Å². The summed E-state index contributed by atoms with van der Waals surface area (Å²) in [5, 5.41) is 3.03. The molecule has 1 saturated heterocycles. The summed E-state index contributed by atoms with van der Waals surface area (Å²) >= 11 is 1.73. The normalized spacial score (nSPS) is 17.5. The number of carbonyl (C=O) groups is 1. The quantitative estimate of drug-likeness (QED) is 0.827. The molecule has 126 valence electrons. The average Bonchev–Trinajstić information content (AvgIpc) is 2.67. The Morgan fingerprint density at radius 3 is 2.71 bits per heavy atom. The van der Waals surface area contributed by atoms with Gasteiger partial charge in [0.25, 0.3) is 5.91 Å². The minimum absolute atomic E-state index is 0.00900. The molecule has 2 aromatic rings. The summed E-state index contributed by atoms with van der Waals surface area (Å²) in [6, 6.07) is 16.2. The molecule has 0 spiro atoms. The molecule has 0 radical (unpaired) electrons. The first-order chi connectivity index (χ1) is 11.8. The average molecular weight is 341 g/mol. The Kier molecular flexibility index (Phi) is 5.94. The van der Waals surface area contributed by atoms with Crippen molar-refractivity contribution in [2.45, 2.75) is 17.7 Å². The molecule has 3 nitrogen and oxygen atoms in total. The monoisotopic (exact) mass is 341 g/mol. The molecule has 1 aliphatic rings. The second-order valence-corrected chi connectivity index (χ2v) is 6.92. The van der Waals surface area contributed by atoms with E-state index in [1.165, 1.54) is 10.5 Å². The molecule has 0 saturated carbocycles. The van der Waals surface area contributed by atoms with Gasteiger partial charge in [0.1, 0.15) is 0 Å². The minimum atomic E-state index is -0.00900. The summed E-state index contributed by atoms with van der Waals surface area (Å²) in [5.41, 5.74) is 3.05. The Bertz CT molecular complexity index is 678. The van der Waals surface area contributed by atoms with Crippen LogP contribution in [0.4, 0.5) is 0 Å². The SMILES string of the molecule is CSc1ccccc1-c1ccc(C(=O)NC[C@@H]2CCCOC2)cc1. The maximum Gasteiger partial charge on any atom is 0.251 e. The van der Waals surface area contributed by atoms with Crippen LogP contribution >= 0.6 is 11.8 Å². The third kappa shape index (κ3) is 4.19. The Morgan fingerprint density at radius 1 is 1.21 bits per heavy atom. The van der Waals surface area contributed by atoms with E-state index in [2.05, 4.69) is 23.7 Å². The second kappa shape index (κ2) is 8.36. The molecule has 24 heavy (non-hydrogen) atoms. The summed E-state index contributed by atoms with van der Waals surface area (Å²) in [5.74, 6) is 0.431. The Labute approximate surface area is 147 Å². The molecule has 3 rings (SSSR count). The van der Waals surface area contributed by atoms with E-state index in [0.29, 0.717) is 18.0 Å². The van der Waals surface area contributed by atoms with Crippen LogP contribution in [0.15, 0.2) is 53.4 Å². The fraction of sp³-hybridized carbons (Fsp3) is 0.350. The van der Waals surface area contributed by atoms with E-state index in [-0.39, 0.29) is 5.91 Å². The van der Waals surface area contributed by atoms with Crippen LogP contribution in [0.5, 0.6) is 0 Å². The van der Waals surface area contributed by atoms with Crippen molar-refractivity contribution in [2.75, 3.05) is 26.0 Å². The number of hydrogen-bond acceptors (Lipinski definition) is 3. The highest BCUT2D eigenvalue weighted by molar-refractivity contribution is 7.98. The number of rotatable bonds is 5. The molecule has 0 bridgehead atoms. The highest BCUT2D eigenvalue weighted by atomic mass is 32.2. The summed E-state index contributed by atoms with van der Waals surface area (Å²) in [6.07, 6.45) is 4.30. The van der Waals surface area contributed by atoms with Gasteiger partial charge in [-0.15, -0.1) is 11.8 Å². The lowest BCUT2D eigenvalue weighted by atomic mass is 10.0. The van der Waals surface area contributed by atoms with Crippen molar-refractivity contribution in [3.63, 3.8) is 0 Å². The Balaban J connectivity index is 1.64. The number of ether oxygens (including phenoxy) is 1. The van der Waals surface area contributed by atoms with Gasteiger partial charge in [0.2, 0.25) is 0 Å². The number of amides is 1. The lowest BCUT2D eigenvalue weighted by Crippen LogP contribution is -2.33. The number of carbonyl (C=O) groups excluding carboxylic acids is 1. The predicted molar refractivity (Wildman–Crippen MR) is 99.5 cm³/mol. The lowest BCUT2D eigenvalue weighted by Gasteiger charge is -2.22. The molecule has 1 fully saturated rings. The van der Waals surface area contributed by atoms with Gasteiger partial charge >= 0.3 is 0 Å². The first-order valence-corrected chi connectivity index (χ1v) is 9.60. The minimum Gasteiger partial charge on any atom is -0.381 e. The third-order valence-electron chi connectivity index (χ3n) is 4.37. The zero-order chi connectivity index (χ0) is 16.8. The van der Waals surface area contributed by atoms with Crippen molar-refractivity contribution in [1.29, 1.82) is 0 Å². The summed E-state index contributed by atoms with van der Waals surface area (Å²) in [6.45, 7) is 2.30. The molecule has 0 aliphatic carbocycles. The van der Waals surface area contributed by atoms with E-state index < -0.39 is 0 Å². The van der Waals surface area contributed by atoms with Crippen molar-refractivity contribution >= 4 is 17.7 Å². The number of nitrogens with one attached hydrogen (secondary N) is 1. The van der Waals surface area contributed by atoms with Crippen LogP contribution in [0.2, 0.25) is 0 Å². The molecule has 1 heterocycles. The van der Waals surface area contributed by atoms with Crippen LogP contribution in [-0.4, -0.2) is 31.9 Å². The van der Waals surface area contributed by atoms with E-state index >= 15 is 0 Å². The maximum absolute atomic E-state index is 12.3. The highest BCUT2D eigenvalue weighted by Gasteiger charge is 2.15. The van der Waals surface area contributed by atoms with Gasteiger partial charge in [-0.2, -0.15) is 0 Å². The number of benzene rings is 2. The van der Waals surface area contributed by atoms with Gasteiger partial charge in [-0.25, -0.2) is 0 Å². The van der Waals surface area contributed by atoms with Gasteiger partial charge in [-0.3, -0.25) is 4.79 Å². The first-order valence-electron chi connectivity index (χ1n) is 8.37. The zero-order valence-electron chi connectivity index (χ0n) is 14.0. The van der Waals surface area contributed by atoms with Crippen molar-refractivity contribution in [1.82, 2.24) is 5.32 Å². The molecule has 2 aromatic carbocycles. The molecule has 1 aliphatic heterocycles. The van der Waals surface area contributed by atoms with Gasteiger partial charge in [-0.05, 0) is 54.3 Å². The molecular formula is C20H23NO2S. The molecule has 0 unspecified atom stereocenters. The first kappa shape index (κ1) is 17.1. The van der Waals surface area contributed by atoms with Crippen LogP contribution in [0.3, 0.4) is 0 Å². The summed E-state index contributed by atoms with van der Waals surface area (Å²) in [7, 11) is 0. The molecule has 1 amide bonds. The Morgan fingerprint density at radius 2 is 2.00 bits per heavy atom. The van der Waals surface area contributed by atoms with Crippen LogP contribution in [0.25, 0.3) is 11.1 Å². The highest BCUT2D eigenvalue weighted by Crippen LogP contribution is 2.30. The fourth-order valence-electron chi connectivity index (χ4n) is 2.99.